The number of morpholine rings is 1. The zero-order valence-electron chi connectivity index (χ0n) is 17.7. The highest BCUT2D eigenvalue weighted by molar-refractivity contribution is 6.09. The van der Waals surface area contributed by atoms with E-state index in [1.165, 1.54) is 17.0 Å². The first kappa shape index (κ1) is 24.6. The number of halogens is 3. The number of ether oxygens (including phenoxy) is 1. The van der Waals surface area contributed by atoms with Crippen molar-refractivity contribution >= 4 is 29.1 Å². The topological polar surface area (TPSA) is 105 Å². The number of nitrogens with two attached hydrogens (primary N) is 1. The van der Waals surface area contributed by atoms with Gasteiger partial charge in [0, 0.05) is 24.5 Å². The van der Waals surface area contributed by atoms with Gasteiger partial charge < -0.3 is 20.7 Å². The molecule has 1 aliphatic rings. The molecule has 1 fully saturated rings. The van der Waals surface area contributed by atoms with Crippen LogP contribution in [0.3, 0.4) is 0 Å². The maximum absolute atomic E-state index is 13.1. The van der Waals surface area contributed by atoms with Crippen molar-refractivity contribution in [3.8, 4) is 0 Å². The average Bonchev–Trinajstić information content (AvgIpc) is 2.60. The Kier molecular flexibility index (Phi) is 7.66. The first-order chi connectivity index (χ1) is 14.3. The van der Waals surface area contributed by atoms with Crippen LogP contribution in [-0.2, 0) is 19.1 Å². The predicted octanol–water partition coefficient (Wildman–Crippen LogP) is 1.75. The summed E-state index contributed by atoms with van der Waals surface area (Å²) in [6.07, 6.45) is -4.62. The maximum atomic E-state index is 13.1. The largest absolute Gasteiger partial charge is 0.401 e. The second-order valence-electron chi connectivity index (χ2n) is 8.52. The minimum Gasteiger partial charge on any atom is -0.370 e. The highest BCUT2D eigenvalue weighted by Gasteiger charge is 2.40. The SMILES string of the molecule is CC(C)(C)CN(CC(F)(F)F)[C@H](C(N)=O)C(=O)Nc1ccc(N2CCOCC2=O)cc1. The fourth-order valence-corrected chi connectivity index (χ4v) is 3.28. The van der Waals surface area contributed by atoms with E-state index in [0.717, 1.165) is 4.90 Å². The van der Waals surface area contributed by atoms with Crippen molar-refractivity contribution in [2.75, 3.05) is 43.1 Å². The van der Waals surface area contributed by atoms with Crippen molar-refractivity contribution in [3.05, 3.63) is 24.3 Å². The van der Waals surface area contributed by atoms with Gasteiger partial charge in [-0.2, -0.15) is 13.2 Å². The zero-order valence-corrected chi connectivity index (χ0v) is 17.7. The molecule has 1 heterocycles. The van der Waals surface area contributed by atoms with E-state index in [2.05, 4.69) is 5.32 Å². The van der Waals surface area contributed by atoms with Gasteiger partial charge in [0.15, 0.2) is 6.04 Å². The molecule has 0 aliphatic carbocycles. The Balaban J connectivity index is 2.18. The number of hydrogen-bond acceptors (Lipinski definition) is 5. The lowest BCUT2D eigenvalue weighted by Crippen LogP contribution is -2.56. The quantitative estimate of drug-likeness (QED) is 0.624. The van der Waals surface area contributed by atoms with E-state index in [0.29, 0.717) is 18.8 Å². The molecule has 1 aromatic rings. The van der Waals surface area contributed by atoms with Gasteiger partial charge in [-0.25, -0.2) is 0 Å². The number of anilines is 2. The van der Waals surface area contributed by atoms with Gasteiger partial charge in [0.05, 0.1) is 13.2 Å². The molecule has 1 atom stereocenters. The van der Waals surface area contributed by atoms with Crippen molar-refractivity contribution in [2.45, 2.75) is 33.0 Å². The molecule has 1 saturated heterocycles. The molecule has 31 heavy (non-hydrogen) atoms. The van der Waals surface area contributed by atoms with Crippen LogP contribution in [0.25, 0.3) is 0 Å². The molecule has 3 N–H and O–H groups in total. The maximum Gasteiger partial charge on any atom is 0.401 e. The lowest BCUT2D eigenvalue weighted by molar-refractivity contribution is -0.159. The molecule has 0 unspecified atom stereocenters. The third kappa shape index (κ3) is 7.51. The summed E-state index contributed by atoms with van der Waals surface area (Å²) in [4.78, 5) is 38.8. The number of nitrogens with one attached hydrogen (secondary N) is 1. The number of nitrogens with zero attached hydrogens (tertiary/aromatic N) is 2. The van der Waals surface area contributed by atoms with Crippen LogP contribution in [0.1, 0.15) is 20.8 Å². The molecule has 0 aromatic heterocycles. The van der Waals surface area contributed by atoms with Crippen molar-refractivity contribution in [3.63, 3.8) is 0 Å². The minimum atomic E-state index is -4.62. The van der Waals surface area contributed by atoms with E-state index in [4.69, 9.17) is 10.5 Å². The molecule has 0 saturated carbocycles. The van der Waals surface area contributed by atoms with Crippen molar-refractivity contribution < 1.29 is 32.3 Å². The average molecular weight is 444 g/mol. The molecular weight excluding hydrogens is 417 g/mol. The summed E-state index contributed by atoms with van der Waals surface area (Å²) in [7, 11) is 0. The van der Waals surface area contributed by atoms with Crippen molar-refractivity contribution in [1.29, 1.82) is 0 Å². The van der Waals surface area contributed by atoms with E-state index in [1.54, 1.807) is 32.9 Å². The van der Waals surface area contributed by atoms with Crippen LogP contribution in [0.2, 0.25) is 0 Å². The molecular formula is C20H27F3N4O4. The molecule has 172 valence electrons. The Morgan fingerprint density at radius 1 is 1.19 bits per heavy atom. The molecule has 0 bridgehead atoms. The number of carbonyl (C=O) groups excluding carboxylic acids is 3. The summed E-state index contributed by atoms with van der Waals surface area (Å²) in [5.74, 6) is -2.35. The van der Waals surface area contributed by atoms with Crippen LogP contribution in [-0.4, -0.2) is 67.7 Å². The van der Waals surface area contributed by atoms with E-state index < -0.39 is 36.0 Å². The Morgan fingerprint density at radius 2 is 1.81 bits per heavy atom. The van der Waals surface area contributed by atoms with Gasteiger partial charge >= 0.3 is 6.18 Å². The Bertz CT molecular complexity index is 790. The fraction of sp³-hybridized carbons (Fsp3) is 0.550. The van der Waals surface area contributed by atoms with E-state index in [-0.39, 0.29) is 24.7 Å². The molecule has 2 rings (SSSR count). The van der Waals surface area contributed by atoms with Gasteiger partial charge in [-0.1, -0.05) is 20.8 Å². The smallest absolute Gasteiger partial charge is 0.370 e. The zero-order chi connectivity index (χ0) is 23.4. The third-order valence-corrected chi connectivity index (χ3v) is 4.38. The van der Waals surface area contributed by atoms with Gasteiger partial charge in [0.2, 0.25) is 5.91 Å². The van der Waals surface area contributed by atoms with Crippen LogP contribution in [0, 0.1) is 5.41 Å². The highest BCUT2D eigenvalue weighted by Crippen LogP contribution is 2.24. The number of carbonyl (C=O) groups is 3. The van der Waals surface area contributed by atoms with Crippen LogP contribution in [0.5, 0.6) is 0 Å². The minimum absolute atomic E-state index is 0.0262. The summed E-state index contributed by atoms with van der Waals surface area (Å²) in [5, 5.41) is 2.44. The third-order valence-electron chi connectivity index (χ3n) is 4.38. The van der Waals surface area contributed by atoms with Crippen LogP contribution < -0.4 is 16.0 Å². The number of primary amides is 1. The normalized spacial score (nSPS) is 16.4. The van der Waals surface area contributed by atoms with Crippen LogP contribution in [0.15, 0.2) is 24.3 Å². The first-order valence-corrected chi connectivity index (χ1v) is 9.66. The first-order valence-electron chi connectivity index (χ1n) is 9.66. The molecule has 8 nitrogen and oxygen atoms in total. The second kappa shape index (κ2) is 9.65. The molecule has 1 aromatic carbocycles. The van der Waals surface area contributed by atoms with E-state index >= 15 is 0 Å². The van der Waals surface area contributed by atoms with Crippen LogP contribution >= 0.6 is 0 Å². The van der Waals surface area contributed by atoms with Crippen molar-refractivity contribution in [2.24, 2.45) is 11.1 Å². The Hall–Kier alpha value is -2.66. The summed E-state index contributed by atoms with van der Waals surface area (Å²) < 4.78 is 44.3. The molecule has 1 aliphatic heterocycles. The molecule has 0 spiro atoms. The van der Waals surface area contributed by atoms with Gasteiger partial charge in [0.25, 0.3) is 11.8 Å². The number of alkyl halides is 3. The standard InChI is InChI=1S/C20H27F3N4O4/c1-19(2,3)11-26(12-20(21,22)23)16(17(24)29)18(30)25-13-4-6-14(7-5-13)27-8-9-31-10-15(27)28/h4-7,16H,8-12H2,1-3H3,(H2,24,29)(H,25,30)/t16-/m1/s1. The summed E-state index contributed by atoms with van der Waals surface area (Å²) in [5.41, 5.74) is 5.52. The van der Waals surface area contributed by atoms with Crippen LogP contribution in [0.4, 0.5) is 24.5 Å². The van der Waals surface area contributed by atoms with Gasteiger partial charge in [-0.05, 0) is 29.7 Å². The number of hydrogen-bond donors (Lipinski definition) is 2. The molecule has 11 heteroatoms. The predicted molar refractivity (Wildman–Crippen MR) is 108 cm³/mol. The second-order valence-corrected chi connectivity index (χ2v) is 8.52. The molecule has 3 amide bonds. The van der Waals surface area contributed by atoms with E-state index in [1.807, 2.05) is 0 Å². The number of amides is 3. The van der Waals surface area contributed by atoms with Gasteiger partial charge in [-0.15, -0.1) is 0 Å². The lowest BCUT2D eigenvalue weighted by atomic mass is 9.95. The molecule has 0 radical (unpaired) electrons. The Morgan fingerprint density at radius 3 is 2.29 bits per heavy atom. The highest BCUT2D eigenvalue weighted by atomic mass is 19.4. The summed E-state index contributed by atoms with van der Waals surface area (Å²) >= 11 is 0. The van der Waals surface area contributed by atoms with Gasteiger partial charge in [-0.3, -0.25) is 19.3 Å². The lowest BCUT2D eigenvalue weighted by Gasteiger charge is -2.34. The fourth-order valence-electron chi connectivity index (χ4n) is 3.28. The number of benzene rings is 1. The van der Waals surface area contributed by atoms with Crippen molar-refractivity contribution in [1.82, 2.24) is 4.90 Å². The number of rotatable bonds is 7. The summed E-state index contributed by atoms with van der Waals surface area (Å²) in [6, 6.07) is 4.35. The van der Waals surface area contributed by atoms with Gasteiger partial charge in [0.1, 0.15) is 6.61 Å². The Labute approximate surface area is 178 Å². The van der Waals surface area contributed by atoms with E-state index in [9.17, 15) is 27.6 Å². The summed E-state index contributed by atoms with van der Waals surface area (Å²) in [6.45, 7) is 4.20. The monoisotopic (exact) mass is 444 g/mol.